The van der Waals surface area contributed by atoms with Crippen LogP contribution in [0.5, 0.6) is 5.75 Å². The molecule has 1 unspecified atom stereocenters. The van der Waals surface area contributed by atoms with E-state index in [0.29, 0.717) is 0 Å². The number of rotatable bonds is 5. The number of carbonyl (C=O) groups excluding carboxylic acids is 3. The summed E-state index contributed by atoms with van der Waals surface area (Å²) in [6.07, 6.45) is 0. The highest BCUT2D eigenvalue weighted by Crippen LogP contribution is 2.17. The van der Waals surface area contributed by atoms with E-state index in [1.807, 2.05) is 79.4 Å². The van der Waals surface area contributed by atoms with Crippen LogP contribution in [-0.4, -0.2) is 26.1 Å². The predicted octanol–water partition coefficient (Wildman–Crippen LogP) is 5.07. The van der Waals surface area contributed by atoms with Crippen molar-refractivity contribution < 1.29 is 23.5 Å². The van der Waals surface area contributed by atoms with Crippen LogP contribution in [0, 0.1) is 12.7 Å². The summed E-state index contributed by atoms with van der Waals surface area (Å²) in [4.78, 5) is 27.9. The van der Waals surface area contributed by atoms with Crippen LogP contribution in [0.25, 0.3) is 0 Å². The zero-order chi connectivity index (χ0) is 23.2. The summed E-state index contributed by atoms with van der Waals surface area (Å²) in [6.45, 7) is 15.7. The zero-order valence-corrected chi connectivity index (χ0v) is 18.3. The Hall–Kier alpha value is -3.02. The van der Waals surface area contributed by atoms with E-state index in [2.05, 4.69) is 5.32 Å². The lowest BCUT2D eigenvalue weighted by Gasteiger charge is -2.16. The van der Waals surface area contributed by atoms with E-state index in [1.165, 1.54) is 12.1 Å². The molecule has 0 saturated heterocycles. The van der Waals surface area contributed by atoms with Gasteiger partial charge >= 0.3 is 0 Å². The topological polar surface area (TPSA) is 72.5 Å². The highest BCUT2D eigenvalue weighted by molar-refractivity contribution is 5.78. The third-order valence-electron chi connectivity index (χ3n) is 3.23. The van der Waals surface area contributed by atoms with Crippen molar-refractivity contribution in [3.8, 4) is 5.75 Å². The number of carbonyl (C=O) groups is 3. The van der Waals surface area contributed by atoms with E-state index < -0.39 is 5.82 Å². The summed E-state index contributed by atoms with van der Waals surface area (Å²) in [5.74, 6) is -0.678. The average molecular weight is 408 g/mol. The van der Waals surface area contributed by atoms with Gasteiger partial charge in [0.25, 0.3) is 5.91 Å². The van der Waals surface area contributed by atoms with E-state index in [9.17, 15) is 9.18 Å². The maximum absolute atomic E-state index is 13.4. The number of aryl methyl sites for hydroxylation is 1. The molecule has 0 aromatic heterocycles. The average Bonchev–Trinajstić information content (AvgIpc) is 2.79. The number of hydrogen-bond donors (Lipinski definition) is 1. The van der Waals surface area contributed by atoms with Crippen molar-refractivity contribution >= 4 is 19.5 Å². The number of nitrogens with one attached hydrogen (secondary N) is 1. The Kier molecular flexibility index (Phi) is 22.5. The molecule has 0 spiro atoms. The predicted molar refractivity (Wildman–Crippen MR) is 117 cm³/mol. The molecule has 0 radical (unpaired) electrons. The third kappa shape index (κ3) is 12.9. The molecule has 2 aromatic rings. The van der Waals surface area contributed by atoms with Crippen LogP contribution in [-0.2, 0) is 14.4 Å². The maximum Gasteiger partial charge on any atom is 0.258 e. The van der Waals surface area contributed by atoms with E-state index in [4.69, 9.17) is 14.3 Å². The van der Waals surface area contributed by atoms with Crippen LogP contribution in [0.4, 0.5) is 4.39 Å². The maximum atomic E-state index is 13.4. The first kappa shape index (κ1) is 30.7. The second-order valence-corrected chi connectivity index (χ2v) is 4.86. The highest BCUT2D eigenvalue weighted by Gasteiger charge is 2.12. The third-order valence-corrected chi connectivity index (χ3v) is 3.23. The van der Waals surface area contributed by atoms with Gasteiger partial charge in [0.15, 0.2) is 18.2 Å². The zero-order valence-electron chi connectivity index (χ0n) is 18.3. The fraction of sp³-hybridized carbons (Fsp3) is 0.348. The smallest absolute Gasteiger partial charge is 0.258 e. The molecule has 2 rings (SSSR count). The summed E-state index contributed by atoms with van der Waals surface area (Å²) in [5.41, 5.74) is 2.16. The first-order valence-corrected chi connectivity index (χ1v) is 9.38. The SMILES string of the molecule is C=O.C=O.CC.CC.Cc1ccccc1C(C)NC(=O)COc1ccccc1F. The van der Waals surface area contributed by atoms with E-state index in [-0.39, 0.29) is 24.3 Å². The molecule has 0 fully saturated rings. The highest BCUT2D eigenvalue weighted by atomic mass is 19.1. The molecule has 2 aromatic carbocycles. The molecular weight excluding hydrogens is 373 g/mol. The second kappa shape index (κ2) is 21.3. The summed E-state index contributed by atoms with van der Waals surface area (Å²) in [6, 6.07) is 13.7. The lowest BCUT2D eigenvalue weighted by Crippen LogP contribution is -2.31. The number of halogens is 1. The molecule has 0 heterocycles. The monoisotopic (exact) mass is 407 g/mol. The lowest BCUT2D eigenvalue weighted by molar-refractivity contribution is -0.123. The van der Waals surface area contributed by atoms with E-state index in [1.54, 1.807) is 12.1 Å². The van der Waals surface area contributed by atoms with Gasteiger partial charge in [-0.15, -0.1) is 0 Å². The van der Waals surface area contributed by atoms with Gasteiger partial charge in [-0.2, -0.15) is 0 Å². The van der Waals surface area contributed by atoms with Crippen molar-refractivity contribution in [2.24, 2.45) is 0 Å². The molecule has 1 N–H and O–H groups in total. The molecule has 0 aliphatic rings. The number of ether oxygens (including phenoxy) is 1. The molecule has 0 aliphatic heterocycles. The van der Waals surface area contributed by atoms with Crippen LogP contribution in [0.2, 0.25) is 0 Å². The van der Waals surface area contributed by atoms with Gasteiger partial charge in [-0.05, 0) is 37.1 Å². The Morgan fingerprint density at radius 2 is 1.45 bits per heavy atom. The Labute approximate surface area is 174 Å². The number of para-hydroxylation sites is 1. The molecule has 1 atom stereocenters. The summed E-state index contributed by atoms with van der Waals surface area (Å²) >= 11 is 0. The van der Waals surface area contributed by atoms with Crippen LogP contribution in [0.15, 0.2) is 48.5 Å². The van der Waals surface area contributed by atoms with E-state index in [0.717, 1.165) is 11.1 Å². The van der Waals surface area contributed by atoms with Crippen molar-refractivity contribution in [2.45, 2.75) is 47.6 Å². The van der Waals surface area contributed by atoms with Crippen LogP contribution < -0.4 is 10.1 Å². The van der Waals surface area contributed by atoms with Gasteiger partial charge in [0, 0.05) is 0 Å². The van der Waals surface area contributed by atoms with Gasteiger partial charge in [0.2, 0.25) is 0 Å². The quantitative estimate of drug-likeness (QED) is 0.751. The Morgan fingerprint density at radius 3 is 1.97 bits per heavy atom. The van der Waals surface area contributed by atoms with Crippen molar-refractivity contribution in [1.29, 1.82) is 0 Å². The number of benzene rings is 2. The first-order chi connectivity index (χ1) is 14.1. The van der Waals surface area contributed by atoms with Gasteiger partial charge in [-0.1, -0.05) is 64.1 Å². The second-order valence-electron chi connectivity index (χ2n) is 4.86. The molecule has 6 heteroatoms. The molecule has 5 nitrogen and oxygen atoms in total. The minimum absolute atomic E-state index is 0.0798. The van der Waals surface area contributed by atoms with Crippen LogP contribution in [0.3, 0.4) is 0 Å². The van der Waals surface area contributed by atoms with Crippen molar-refractivity contribution in [3.63, 3.8) is 0 Å². The van der Waals surface area contributed by atoms with Gasteiger partial charge in [-0.3, -0.25) is 4.79 Å². The number of amides is 1. The standard InChI is InChI=1S/C17H18FNO2.2C2H6.2CH2O/c1-12-7-3-4-8-14(12)13(2)19-17(20)11-21-16-10-6-5-9-15(16)18;4*1-2/h3-10,13H,11H2,1-2H3,(H,19,20);2*1-2H3;2*1H2. The Morgan fingerprint density at radius 1 is 0.966 bits per heavy atom. The molecule has 0 saturated carbocycles. The molecular formula is C23H34FNO4. The number of hydrogen-bond acceptors (Lipinski definition) is 4. The molecule has 162 valence electrons. The van der Waals surface area contributed by atoms with Gasteiger partial charge < -0.3 is 19.6 Å². The normalized spacial score (nSPS) is 9.21. The molecule has 1 amide bonds. The molecule has 29 heavy (non-hydrogen) atoms. The minimum Gasteiger partial charge on any atom is -0.481 e. The van der Waals surface area contributed by atoms with Gasteiger partial charge in [-0.25, -0.2) is 4.39 Å². The van der Waals surface area contributed by atoms with Gasteiger partial charge in [0.1, 0.15) is 13.6 Å². The minimum atomic E-state index is -0.475. The molecule has 0 bridgehead atoms. The largest absolute Gasteiger partial charge is 0.481 e. The van der Waals surface area contributed by atoms with E-state index >= 15 is 0 Å². The van der Waals surface area contributed by atoms with Crippen LogP contribution in [0.1, 0.15) is 51.8 Å². The Balaban J connectivity index is -0.000000754. The van der Waals surface area contributed by atoms with Crippen molar-refractivity contribution in [2.75, 3.05) is 6.61 Å². The molecule has 0 aliphatic carbocycles. The summed E-state index contributed by atoms with van der Waals surface area (Å²) in [5, 5.41) is 2.84. The van der Waals surface area contributed by atoms with Crippen molar-refractivity contribution in [1.82, 2.24) is 5.32 Å². The fourth-order valence-corrected chi connectivity index (χ4v) is 2.14. The van der Waals surface area contributed by atoms with Gasteiger partial charge in [0.05, 0.1) is 6.04 Å². The summed E-state index contributed by atoms with van der Waals surface area (Å²) < 4.78 is 18.5. The Bertz CT molecular complexity index is 663. The van der Waals surface area contributed by atoms with Crippen molar-refractivity contribution in [3.05, 3.63) is 65.5 Å². The fourth-order valence-electron chi connectivity index (χ4n) is 2.14. The van der Waals surface area contributed by atoms with Crippen LogP contribution >= 0.6 is 0 Å². The lowest BCUT2D eigenvalue weighted by atomic mass is 10.0. The first-order valence-electron chi connectivity index (χ1n) is 9.38. The summed E-state index contributed by atoms with van der Waals surface area (Å²) in [7, 11) is 0.